The summed E-state index contributed by atoms with van der Waals surface area (Å²) in [5, 5.41) is 2.71. The molecule has 0 bridgehead atoms. The van der Waals surface area contributed by atoms with Gasteiger partial charge in [0.2, 0.25) is 11.8 Å². The maximum absolute atomic E-state index is 13.2. The van der Waals surface area contributed by atoms with Gasteiger partial charge in [0.15, 0.2) is 0 Å². The topological polar surface area (TPSA) is 49.4 Å². The highest BCUT2D eigenvalue weighted by molar-refractivity contribution is 5.93. The number of benzene rings is 1. The highest BCUT2D eigenvalue weighted by Gasteiger charge is 2.39. The molecule has 2 amide bonds. The quantitative estimate of drug-likeness (QED) is 0.927. The summed E-state index contributed by atoms with van der Waals surface area (Å²) in [5.74, 6) is -1.79. The fraction of sp³-hybridized carbons (Fsp3) is 0.467. The van der Waals surface area contributed by atoms with Crippen molar-refractivity contribution < 1.29 is 18.4 Å². The Morgan fingerprint density at radius 2 is 1.86 bits per heavy atom. The van der Waals surface area contributed by atoms with Crippen molar-refractivity contribution in [3.8, 4) is 0 Å². The molecule has 1 aromatic rings. The number of carbonyl (C=O) groups excluding carboxylic acids is 2. The Bertz CT molecular complexity index is 557. The van der Waals surface area contributed by atoms with E-state index in [1.54, 1.807) is 6.92 Å². The maximum atomic E-state index is 13.2. The highest BCUT2D eigenvalue weighted by Crippen LogP contribution is 2.20. The second-order valence-electron chi connectivity index (χ2n) is 5.49. The monoisotopic (exact) mass is 296 g/mol. The van der Waals surface area contributed by atoms with Crippen LogP contribution >= 0.6 is 0 Å². The van der Waals surface area contributed by atoms with E-state index in [0.717, 1.165) is 6.07 Å². The first kappa shape index (κ1) is 15.4. The minimum absolute atomic E-state index is 0.0814. The van der Waals surface area contributed by atoms with Crippen LogP contribution in [0.3, 0.4) is 0 Å². The summed E-state index contributed by atoms with van der Waals surface area (Å²) in [6.45, 7) is 3.79. The molecule has 6 heteroatoms. The predicted molar refractivity (Wildman–Crippen MR) is 73.2 cm³/mol. The zero-order valence-corrected chi connectivity index (χ0v) is 12.1. The van der Waals surface area contributed by atoms with Crippen molar-refractivity contribution in [3.05, 3.63) is 35.4 Å². The van der Waals surface area contributed by atoms with Crippen LogP contribution in [0.5, 0.6) is 0 Å². The maximum Gasteiger partial charge on any atom is 0.248 e. The molecule has 1 aliphatic rings. The number of nitrogens with zero attached hydrogens (tertiary/aromatic N) is 1. The summed E-state index contributed by atoms with van der Waals surface area (Å²) in [6.07, 6.45) is 0.630. The number of hydrogen-bond acceptors (Lipinski definition) is 2. The molecule has 1 N–H and O–H groups in total. The third-order valence-electron chi connectivity index (χ3n) is 3.79. The number of halogens is 2. The number of nitrogens with one attached hydrogen (secondary N) is 1. The second-order valence-corrected chi connectivity index (χ2v) is 5.49. The molecule has 0 aliphatic carbocycles. The lowest BCUT2D eigenvalue weighted by Gasteiger charge is -2.31. The van der Waals surface area contributed by atoms with E-state index < -0.39 is 17.2 Å². The van der Waals surface area contributed by atoms with Gasteiger partial charge in [0.05, 0.1) is 0 Å². The molecular formula is C15H18F2N2O2. The molecular weight excluding hydrogens is 278 g/mol. The van der Waals surface area contributed by atoms with Crippen molar-refractivity contribution in [2.24, 2.45) is 0 Å². The molecule has 0 radical (unpaired) electrons. The summed E-state index contributed by atoms with van der Waals surface area (Å²) in [5.41, 5.74) is -0.604. The van der Waals surface area contributed by atoms with Crippen molar-refractivity contribution in [1.29, 1.82) is 0 Å². The first-order chi connectivity index (χ1) is 9.84. The first-order valence-electron chi connectivity index (χ1n) is 6.89. The number of amides is 2. The molecule has 1 atom stereocenters. The SMILES string of the molecule is CCC1(C)NC(=O)CCN(Cc2cc(F)cc(F)c2)C1=O. The van der Waals surface area contributed by atoms with Crippen LogP contribution in [0.25, 0.3) is 0 Å². The van der Waals surface area contributed by atoms with Gasteiger partial charge >= 0.3 is 0 Å². The lowest BCUT2D eigenvalue weighted by Crippen LogP contribution is -2.54. The molecule has 2 rings (SSSR count). The molecule has 1 aromatic carbocycles. The molecule has 21 heavy (non-hydrogen) atoms. The summed E-state index contributed by atoms with van der Waals surface area (Å²) in [4.78, 5) is 25.7. The molecule has 0 aromatic heterocycles. The summed E-state index contributed by atoms with van der Waals surface area (Å²) in [6, 6.07) is 3.18. The average Bonchev–Trinajstić information content (AvgIpc) is 2.50. The van der Waals surface area contributed by atoms with Gasteiger partial charge in [-0.15, -0.1) is 0 Å². The predicted octanol–water partition coefficient (Wildman–Crippen LogP) is 1.98. The van der Waals surface area contributed by atoms with Crippen LogP contribution < -0.4 is 5.32 Å². The van der Waals surface area contributed by atoms with Crippen molar-refractivity contribution in [2.45, 2.75) is 38.8 Å². The molecule has 0 saturated carbocycles. The molecule has 1 aliphatic heterocycles. The Hall–Kier alpha value is -1.98. The van der Waals surface area contributed by atoms with Crippen LogP contribution in [0.4, 0.5) is 8.78 Å². The van der Waals surface area contributed by atoms with E-state index in [4.69, 9.17) is 0 Å². The first-order valence-corrected chi connectivity index (χ1v) is 6.89. The zero-order valence-electron chi connectivity index (χ0n) is 12.1. The Kier molecular flexibility index (Phi) is 4.25. The molecule has 1 saturated heterocycles. The summed E-state index contributed by atoms with van der Waals surface area (Å²) >= 11 is 0. The lowest BCUT2D eigenvalue weighted by atomic mass is 9.97. The molecule has 1 heterocycles. The number of rotatable bonds is 3. The smallest absolute Gasteiger partial charge is 0.248 e. The van der Waals surface area contributed by atoms with Gasteiger partial charge in [-0.3, -0.25) is 9.59 Å². The van der Waals surface area contributed by atoms with Crippen molar-refractivity contribution >= 4 is 11.8 Å². The van der Waals surface area contributed by atoms with Gasteiger partial charge in [-0.25, -0.2) is 8.78 Å². The van der Waals surface area contributed by atoms with E-state index in [-0.39, 0.29) is 31.3 Å². The molecule has 1 unspecified atom stereocenters. The normalized spacial score (nSPS) is 23.0. The molecule has 1 fully saturated rings. The summed E-state index contributed by atoms with van der Waals surface area (Å²) < 4.78 is 26.5. The summed E-state index contributed by atoms with van der Waals surface area (Å²) in [7, 11) is 0. The van der Waals surface area contributed by atoms with Crippen LogP contribution in [-0.4, -0.2) is 28.8 Å². The Morgan fingerprint density at radius 1 is 1.24 bits per heavy atom. The molecule has 114 valence electrons. The molecule has 0 spiro atoms. The van der Waals surface area contributed by atoms with E-state index in [1.807, 2.05) is 6.92 Å². The Balaban J connectivity index is 2.25. The van der Waals surface area contributed by atoms with Gasteiger partial charge in [-0.2, -0.15) is 0 Å². The van der Waals surface area contributed by atoms with Gasteiger partial charge in [0.25, 0.3) is 0 Å². The third-order valence-corrected chi connectivity index (χ3v) is 3.79. The van der Waals surface area contributed by atoms with Gasteiger partial charge in [0.1, 0.15) is 17.2 Å². The molecule has 4 nitrogen and oxygen atoms in total. The highest BCUT2D eigenvalue weighted by atomic mass is 19.1. The van der Waals surface area contributed by atoms with E-state index >= 15 is 0 Å². The van der Waals surface area contributed by atoms with Crippen molar-refractivity contribution in [2.75, 3.05) is 6.54 Å². The average molecular weight is 296 g/mol. The second kappa shape index (κ2) is 5.79. The van der Waals surface area contributed by atoms with Crippen molar-refractivity contribution in [1.82, 2.24) is 10.2 Å². The minimum atomic E-state index is -0.973. The fourth-order valence-electron chi connectivity index (χ4n) is 2.42. The minimum Gasteiger partial charge on any atom is -0.342 e. The lowest BCUT2D eigenvalue weighted by molar-refractivity contribution is -0.138. The number of hydrogen-bond donors (Lipinski definition) is 1. The largest absolute Gasteiger partial charge is 0.342 e. The fourth-order valence-corrected chi connectivity index (χ4v) is 2.42. The van der Waals surface area contributed by atoms with Gasteiger partial charge in [-0.05, 0) is 31.0 Å². The van der Waals surface area contributed by atoms with Crippen LogP contribution in [0, 0.1) is 11.6 Å². The van der Waals surface area contributed by atoms with E-state index in [1.165, 1.54) is 17.0 Å². The Labute approximate surface area is 122 Å². The third kappa shape index (κ3) is 3.37. The van der Waals surface area contributed by atoms with E-state index in [0.29, 0.717) is 12.0 Å². The van der Waals surface area contributed by atoms with E-state index in [9.17, 15) is 18.4 Å². The van der Waals surface area contributed by atoms with E-state index in [2.05, 4.69) is 5.32 Å². The van der Waals surface area contributed by atoms with Crippen LogP contribution in [0.1, 0.15) is 32.3 Å². The van der Waals surface area contributed by atoms with Gasteiger partial charge in [-0.1, -0.05) is 6.92 Å². The van der Waals surface area contributed by atoms with Crippen LogP contribution in [-0.2, 0) is 16.1 Å². The van der Waals surface area contributed by atoms with Crippen LogP contribution in [0.2, 0.25) is 0 Å². The van der Waals surface area contributed by atoms with Gasteiger partial charge < -0.3 is 10.2 Å². The van der Waals surface area contributed by atoms with Crippen LogP contribution in [0.15, 0.2) is 18.2 Å². The Morgan fingerprint density at radius 3 is 2.43 bits per heavy atom. The standard InChI is InChI=1S/C15H18F2N2O2/c1-3-15(2)14(21)19(5-4-13(20)18-15)9-10-6-11(16)8-12(17)7-10/h6-8H,3-5,9H2,1-2H3,(H,18,20). The number of carbonyl (C=O) groups is 2. The van der Waals surface area contributed by atoms with Crippen molar-refractivity contribution in [3.63, 3.8) is 0 Å². The zero-order chi connectivity index (χ0) is 15.6. The van der Waals surface area contributed by atoms with Gasteiger partial charge in [0, 0.05) is 25.6 Å².